The van der Waals surface area contributed by atoms with Gasteiger partial charge >= 0.3 is 0 Å². The summed E-state index contributed by atoms with van der Waals surface area (Å²) in [6.45, 7) is 4.80. The van der Waals surface area contributed by atoms with Gasteiger partial charge in [-0.2, -0.15) is 5.10 Å². The highest BCUT2D eigenvalue weighted by Crippen LogP contribution is 2.25. The van der Waals surface area contributed by atoms with Gasteiger partial charge in [-0.05, 0) is 37.6 Å². The standard InChI is InChI=1S/C16H22FN3O/c1-5-18-13(14-9-11(2)19-20(14)3)10-12-7-6-8-15(21-4)16(12)17/h6-9,13,18H,5,10H2,1-4H3. The molecule has 2 aromatic rings. The van der Waals surface area contributed by atoms with Crippen LogP contribution in [0.4, 0.5) is 4.39 Å². The second-order valence-electron chi connectivity index (χ2n) is 5.08. The number of aryl methyl sites for hydroxylation is 2. The van der Waals surface area contributed by atoms with E-state index in [-0.39, 0.29) is 17.6 Å². The molecule has 0 fully saturated rings. The summed E-state index contributed by atoms with van der Waals surface area (Å²) in [6.07, 6.45) is 0.551. The van der Waals surface area contributed by atoms with Crippen molar-refractivity contribution in [3.05, 3.63) is 47.0 Å². The van der Waals surface area contributed by atoms with E-state index in [1.165, 1.54) is 7.11 Å². The van der Waals surface area contributed by atoms with Crippen molar-refractivity contribution in [3.8, 4) is 5.75 Å². The number of methoxy groups -OCH3 is 1. The summed E-state index contributed by atoms with van der Waals surface area (Å²) in [5.74, 6) is -0.00858. The van der Waals surface area contributed by atoms with Gasteiger partial charge in [0.15, 0.2) is 11.6 Å². The molecule has 1 aromatic carbocycles. The molecular formula is C16H22FN3O. The molecule has 1 atom stereocenters. The molecule has 21 heavy (non-hydrogen) atoms. The summed E-state index contributed by atoms with van der Waals surface area (Å²) in [5.41, 5.74) is 2.65. The van der Waals surface area contributed by atoms with Gasteiger partial charge in [0.25, 0.3) is 0 Å². The second kappa shape index (κ2) is 6.72. The highest BCUT2D eigenvalue weighted by Gasteiger charge is 2.19. The van der Waals surface area contributed by atoms with Gasteiger partial charge in [-0.15, -0.1) is 0 Å². The normalized spacial score (nSPS) is 12.4. The van der Waals surface area contributed by atoms with Crippen LogP contribution in [0.5, 0.6) is 5.75 Å². The quantitative estimate of drug-likeness (QED) is 0.889. The summed E-state index contributed by atoms with van der Waals surface area (Å²) < 4.78 is 21.2. The van der Waals surface area contributed by atoms with Crippen LogP contribution in [0.1, 0.15) is 29.9 Å². The van der Waals surface area contributed by atoms with Crippen LogP contribution in [0.3, 0.4) is 0 Å². The minimum Gasteiger partial charge on any atom is -0.494 e. The second-order valence-corrected chi connectivity index (χ2v) is 5.08. The van der Waals surface area contributed by atoms with E-state index in [0.29, 0.717) is 12.0 Å². The smallest absolute Gasteiger partial charge is 0.168 e. The van der Waals surface area contributed by atoms with Crippen molar-refractivity contribution in [1.29, 1.82) is 0 Å². The molecule has 0 saturated carbocycles. The van der Waals surface area contributed by atoms with Crippen LogP contribution < -0.4 is 10.1 Å². The van der Waals surface area contributed by atoms with E-state index in [4.69, 9.17) is 4.74 Å². The average Bonchev–Trinajstić information content (AvgIpc) is 2.79. The molecule has 5 heteroatoms. The Bertz CT molecular complexity index is 610. The zero-order valence-corrected chi connectivity index (χ0v) is 13.0. The van der Waals surface area contributed by atoms with Gasteiger partial charge in [0.05, 0.1) is 24.5 Å². The molecule has 1 unspecified atom stereocenters. The number of aromatic nitrogens is 2. The van der Waals surface area contributed by atoms with Crippen molar-refractivity contribution in [2.45, 2.75) is 26.3 Å². The minimum atomic E-state index is -0.290. The highest BCUT2D eigenvalue weighted by atomic mass is 19.1. The molecule has 0 aliphatic carbocycles. The monoisotopic (exact) mass is 291 g/mol. The Labute approximate surface area is 124 Å². The lowest BCUT2D eigenvalue weighted by Crippen LogP contribution is -2.25. The number of likely N-dealkylation sites (N-methyl/N-ethyl adjacent to an activating group) is 1. The molecule has 4 nitrogen and oxygen atoms in total. The van der Waals surface area contributed by atoms with Crippen LogP contribution >= 0.6 is 0 Å². The largest absolute Gasteiger partial charge is 0.494 e. The molecule has 0 aliphatic heterocycles. The van der Waals surface area contributed by atoms with Crippen LogP contribution in [0.25, 0.3) is 0 Å². The van der Waals surface area contributed by atoms with Crippen LogP contribution in [-0.2, 0) is 13.5 Å². The van der Waals surface area contributed by atoms with Crippen LogP contribution in [0, 0.1) is 12.7 Å². The molecule has 0 radical (unpaired) electrons. The molecule has 1 N–H and O–H groups in total. The molecule has 0 spiro atoms. The van der Waals surface area contributed by atoms with Gasteiger partial charge in [-0.3, -0.25) is 4.68 Å². The molecule has 1 heterocycles. The van der Waals surface area contributed by atoms with Crippen molar-refractivity contribution < 1.29 is 9.13 Å². The van der Waals surface area contributed by atoms with Gasteiger partial charge in [0, 0.05) is 7.05 Å². The molecule has 2 rings (SSSR count). The molecule has 0 aliphatic rings. The van der Waals surface area contributed by atoms with Crippen LogP contribution in [0.2, 0.25) is 0 Å². The number of hydrogen-bond donors (Lipinski definition) is 1. The van der Waals surface area contributed by atoms with E-state index in [1.54, 1.807) is 12.1 Å². The summed E-state index contributed by atoms with van der Waals surface area (Å²) in [5, 5.41) is 7.77. The maximum absolute atomic E-state index is 14.3. The van der Waals surface area contributed by atoms with Gasteiger partial charge in [-0.25, -0.2) is 4.39 Å². The van der Waals surface area contributed by atoms with Gasteiger partial charge in [-0.1, -0.05) is 19.1 Å². The Kier molecular flexibility index (Phi) is 4.96. The summed E-state index contributed by atoms with van der Waals surface area (Å²) in [7, 11) is 3.39. The fourth-order valence-corrected chi connectivity index (χ4v) is 2.58. The lowest BCUT2D eigenvalue weighted by atomic mass is 10.0. The van der Waals surface area contributed by atoms with E-state index < -0.39 is 0 Å². The Morgan fingerprint density at radius 1 is 1.43 bits per heavy atom. The van der Waals surface area contributed by atoms with Crippen molar-refractivity contribution in [2.24, 2.45) is 7.05 Å². The van der Waals surface area contributed by atoms with Crippen LogP contribution in [0.15, 0.2) is 24.3 Å². The molecule has 0 amide bonds. The molecular weight excluding hydrogens is 269 g/mol. The topological polar surface area (TPSA) is 39.1 Å². The van der Waals surface area contributed by atoms with Crippen LogP contribution in [-0.4, -0.2) is 23.4 Å². The Morgan fingerprint density at radius 3 is 2.76 bits per heavy atom. The summed E-state index contributed by atoms with van der Waals surface area (Å²) in [6, 6.07) is 7.30. The Balaban J connectivity index is 2.30. The predicted molar refractivity (Wildman–Crippen MR) is 81.0 cm³/mol. The lowest BCUT2D eigenvalue weighted by Gasteiger charge is -2.19. The van der Waals surface area contributed by atoms with Gasteiger partial charge in [0.1, 0.15) is 0 Å². The number of benzene rings is 1. The summed E-state index contributed by atoms with van der Waals surface area (Å²) in [4.78, 5) is 0. The SMILES string of the molecule is CCNC(Cc1cccc(OC)c1F)c1cc(C)nn1C. The minimum absolute atomic E-state index is 0.0165. The van der Waals surface area contributed by atoms with E-state index in [0.717, 1.165) is 17.9 Å². The zero-order valence-electron chi connectivity index (χ0n) is 13.0. The van der Waals surface area contributed by atoms with E-state index in [2.05, 4.69) is 10.4 Å². The van der Waals surface area contributed by atoms with Crippen molar-refractivity contribution in [2.75, 3.05) is 13.7 Å². The maximum atomic E-state index is 14.3. The number of halogens is 1. The molecule has 114 valence electrons. The lowest BCUT2D eigenvalue weighted by molar-refractivity contribution is 0.382. The van der Waals surface area contributed by atoms with E-state index >= 15 is 0 Å². The first kappa shape index (κ1) is 15.5. The first-order valence-corrected chi connectivity index (χ1v) is 7.12. The van der Waals surface area contributed by atoms with E-state index in [9.17, 15) is 4.39 Å². The fourth-order valence-electron chi connectivity index (χ4n) is 2.58. The average molecular weight is 291 g/mol. The number of nitrogens with zero attached hydrogens (tertiary/aromatic N) is 2. The Morgan fingerprint density at radius 2 is 2.19 bits per heavy atom. The molecule has 0 bridgehead atoms. The van der Waals surface area contributed by atoms with Crippen molar-refractivity contribution >= 4 is 0 Å². The molecule has 1 aromatic heterocycles. The van der Waals surface area contributed by atoms with Gasteiger partial charge in [0.2, 0.25) is 0 Å². The van der Waals surface area contributed by atoms with Gasteiger partial charge < -0.3 is 10.1 Å². The fraction of sp³-hybridized carbons (Fsp3) is 0.438. The van der Waals surface area contributed by atoms with Crippen molar-refractivity contribution in [3.63, 3.8) is 0 Å². The first-order chi connectivity index (χ1) is 10.1. The third kappa shape index (κ3) is 3.42. The predicted octanol–water partition coefficient (Wildman–Crippen LogP) is 2.77. The maximum Gasteiger partial charge on any atom is 0.168 e. The number of hydrogen-bond acceptors (Lipinski definition) is 3. The first-order valence-electron chi connectivity index (χ1n) is 7.12. The Hall–Kier alpha value is -1.88. The van der Waals surface area contributed by atoms with E-state index in [1.807, 2.05) is 37.7 Å². The van der Waals surface area contributed by atoms with Crippen molar-refractivity contribution in [1.82, 2.24) is 15.1 Å². The summed E-state index contributed by atoms with van der Waals surface area (Å²) >= 11 is 0. The zero-order chi connectivity index (χ0) is 15.4. The third-order valence-corrected chi connectivity index (χ3v) is 3.53. The number of ether oxygens (including phenoxy) is 1. The highest BCUT2D eigenvalue weighted by molar-refractivity contribution is 5.32. The number of rotatable bonds is 6. The third-order valence-electron chi connectivity index (χ3n) is 3.53. The molecule has 0 saturated heterocycles. The number of nitrogens with one attached hydrogen (secondary N) is 1.